The Labute approximate surface area is 122 Å². The van der Waals surface area contributed by atoms with E-state index in [0.717, 1.165) is 9.86 Å². The second kappa shape index (κ2) is 4.70. The van der Waals surface area contributed by atoms with Gasteiger partial charge in [0.2, 0.25) is 11.2 Å². The van der Waals surface area contributed by atoms with E-state index >= 15 is 0 Å². The molecule has 1 N–H and O–H groups in total. The zero-order chi connectivity index (χ0) is 13.6. The third-order valence-electron chi connectivity index (χ3n) is 2.97. The van der Waals surface area contributed by atoms with Crippen LogP contribution in [-0.2, 0) is 4.79 Å². The molecule has 5 nitrogen and oxygen atoms in total. The molecule has 1 unspecified atom stereocenters. The summed E-state index contributed by atoms with van der Waals surface area (Å²) in [4.78, 5) is 21.6. The number of aromatic nitrogens is 2. The number of anilines is 1. The van der Waals surface area contributed by atoms with Gasteiger partial charge in [0, 0.05) is 9.86 Å². The minimum atomic E-state index is -0.663. The van der Waals surface area contributed by atoms with Crippen molar-refractivity contribution in [3.05, 3.63) is 28.0 Å². The number of fused-ring (bicyclic) bond motifs is 1. The van der Waals surface area contributed by atoms with E-state index in [1.807, 2.05) is 12.1 Å². The van der Waals surface area contributed by atoms with Crippen molar-refractivity contribution >= 4 is 50.2 Å². The smallest absolute Gasteiger partial charge is 0.230 e. The molecule has 98 valence electrons. The molecule has 2 heterocycles. The van der Waals surface area contributed by atoms with Gasteiger partial charge < -0.3 is 5.11 Å². The summed E-state index contributed by atoms with van der Waals surface area (Å²) in [6.07, 6.45) is -0.555. The maximum absolute atomic E-state index is 11.9. The van der Waals surface area contributed by atoms with Gasteiger partial charge in [0.1, 0.15) is 5.82 Å². The first-order chi connectivity index (χ1) is 9.04. The monoisotopic (exact) mass is 341 g/mol. The summed E-state index contributed by atoms with van der Waals surface area (Å²) in [5.41, 5.74) is 0.660. The number of carbonyl (C=O) groups excluding carboxylic acids is 1. The van der Waals surface area contributed by atoms with Gasteiger partial charge in [0.25, 0.3) is 0 Å². The van der Waals surface area contributed by atoms with Crippen LogP contribution in [-0.4, -0.2) is 33.6 Å². The van der Waals surface area contributed by atoms with Crippen molar-refractivity contribution in [2.45, 2.75) is 12.5 Å². The number of amides is 1. The molecule has 1 aliphatic heterocycles. The lowest BCUT2D eigenvalue weighted by molar-refractivity contribution is -0.117. The van der Waals surface area contributed by atoms with Crippen molar-refractivity contribution in [2.24, 2.45) is 0 Å². The van der Waals surface area contributed by atoms with Gasteiger partial charge in [-0.15, -0.1) is 0 Å². The molecule has 1 saturated heterocycles. The summed E-state index contributed by atoms with van der Waals surface area (Å²) in [7, 11) is 0. The number of aliphatic hydroxyl groups excluding tert-OH is 1. The molecule has 1 aliphatic rings. The van der Waals surface area contributed by atoms with Crippen LogP contribution in [0.2, 0.25) is 5.28 Å². The molecule has 1 aromatic heterocycles. The molecular weight excluding hydrogens is 334 g/mol. The quantitative estimate of drug-likeness (QED) is 0.806. The molecule has 1 aromatic carbocycles. The fourth-order valence-corrected chi connectivity index (χ4v) is 2.69. The minimum absolute atomic E-state index is 0.0824. The van der Waals surface area contributed by atoms with Gasteiger partial charge in [0.05, 0.1) is 24.6 Å². The minimum Gasteiger partial charge on any atom is -0.391 e. The Morgan fingerprint density at radius 1 is 1.42 bits per heavy atom. The van der Waals surface area contributed by atoms with Crippen LogP contribution in [0.15, 0.2) is 22.7 Å². The summed E-state index contributed by atoms with van der Waals surface area (Å²) in [6.45, 7) is 0.230. The lowest BCUT2D eigenvalue weighted by atomic mass is 10.2. The maximum atomic E-state index is 11.9. The highest BCUT2D eigenvalue weighted by atomic mass is 79.9. The number of nitrogens with zero attached hydrogens (tertiary/aromatic N) is 3. The predicted octanol–water partition coefficient (Wildman–Crippen LogP) is 2.14. The second-order valence-electron chi connectivity index (χ2n) is 4.34. The fourth-order valence-electron chi connectivity index (χ4n) is 2.16. The maximum Gasteiger partial charge on any atom is 0.230 e. The zero-order valence-corrected chi connectivity index (χ0v) is 12.0. The lowest BCUT2D eigenvalue weighted by Crippen LogP contribution is -2.26. The van der Waals surface area contributed by atoms with Gasteiger partial charge in [-0.05, 0) is 29.8 Å². The number of carbonyl (C=O) groups is 1. The van der Waals surface area contributed by atoms with E-state index in [0.29, 0.717) is 11.3 Å². The molecule has 1 amide bonds. The average molecular weight is 343 g/mol. The molecule has 7 heteroatoms. The average Bonchev–Trinajstić information content (AvgIpc) is 2.68. The Kier molecular flexibility index (Phi) is 3.16. The molecule has 0 radical (unpaired) electrons. The van der Waals surface area contributed by atoms with Crippen molar-refractivity contribution < 1.29 is 9.90 Å². The molecule has 3 rings (SSSR count). The molecule has 0 bridgehead atoms. The zero-order valence-electron chi connectivity index (χ0n) is 9.68. The van der Waals surface area contributed by atoms with E-state index in [2.05, 4.69) is 25.9 Å². The van der Waals surface area contributed by atoms with Crippen molar-refractivity contribution in [1.82, 2.24) is 9.97 Å². The van der Waals surface area contributed by atoms with Gasteiger partial charge in [-0.2, -0.15) is 4.98 Å². The third-order valence-corrected chi connectivity index (χ3v) is 3.63. The Morgan fingerprint density at radius 2 is 2.21 bits per heavy atom. The van der Waals surface area contributed by atoms with E-state index in [1.54, 1.807) is 6.07 Å². The Hall–Kier alpha value is -1.24. The standard InChI is InChI=1S/C12H9BrClN3O2/c13-6-1-2-9-8(3-6)11(16-12(14)15-9)17-5-7(18)4-10(17)19/h1-3,7,18H,4-5H2. The van der Waals surface area contributed by atoms with Crippen molar-refractivity contribution in [1.29, 1.82) is 0 Å². The Bertz CT molecular complexity index is 679. The van der Waals surface area contributed by atoms with Crippen LogP contribution in [0, 0.1) is 0 Å². The normalized spacial score (nSPS) is 19.4. The summed E-state index contributed by atoms with van der Waals surface area (Å²) in [6, 6.07) is 5.47. The summed E-state index contributed by atoms with van der Waals surface area (Å²) < 4.78 is 0.861. The number of rotatable bonds is 1. The van der Waals surface area contributed by atoms with Crippen LogP contribution in [0.5, 0.6) is 0 Å². The van der Waals surface area contributed by atoms with Crippen molar-refractivity contribution in [2.75, 3.05) is 11.4 Å². The van der Waals surface area contributed by atoms with Crippen LogP contribution < -0.4 is 4.90 Å². The van der Waals surface area contributed by atoms with Crippen LogP contribution >= 0.6 is 27.5 Å². The van der Waals surface area contributed by atoms with Gasteiger partial charge in [0.15, 0.2) is 0 Å². The van der Waals surface area contributed by atoms with Crippen LogP contribution in [0.4, 0.5) is 5.82 Å². The highest BCUT2D eigenvalue weighted by Crippen LogP contribution is 2.30. The lowest BCUT2D eigenvalue weighted by Gasteiger charge is -2.17. The first-order valence-electron chi connectivity index (χ1n) is 5.66. The molecule has 0 saturated carbocycles. The molecule has 2 aromatic rings. The number of halogens is 2. The third kappa shape index (κ3) is 2.31. The highest BCUT2D eigenvalue weighted by Gasteiger charge is 2.31. The Morgan fingerprint density at radius 3 is 2.89 bits per heavy atom. The van der Waals surface area contributed by atoms with Gasteiger partial charge >= 0.3 is 0 Å². The Balaban J connectivity index is 2.22. The van der Waals surface area contributed by atoms with E-state index in [1.165, 1.54) is 4.90 Å². The number of aliphatic hydroxyl groups is 1. The SMILES string of the molecule is O=C1CC(O)CN1c1nc(Cl)nc2ccc(Br)cc12. The predicted molar refractivity (Wildman–Crippen MR) is 75.2 cm³/mol. The molecule has 19 heavy (non-hydrogen) atoms. The number of benzene rings is 1. The summed E-state index contributed by atoms with van der Waals surface area (Å²) in [5.74, 6) is 0.279. The number of β-amino-alcohol motifs (C(OH)–C–C–N with tert-alkyl or cyclic N) is 1. The first-order valence-corrected chi connectivity index (χ1v) is 6.83. The summed E-state index contributed by atoms with van der Waals surface area (Å²) in [5, 5.41) is 10.4. The van der Waals surface area contributed by atoms with Crippen LogP contribution in [0.1, 0.15) is 6.42 Å². The topological polar surface area (TPSA) is 66.3 Å². The second-order valence-corrected chi connectivity index (χ2v) is 5.59. The summed E-state index contributed by atoms with van der Waals surface area (Å²) >= 11 is 9.27. The van der Waals surface area contributed by atoms with E-state index in [-0.39, 0.29) is 24.2 Å². The van der Waals surface area contributed by atoms with E-state index in [4.69, 9.17) is 11.6 Å². The first kappa shape index (κ1) is 12.8. The van der Waals surface area contributed by atoms with Crippen molar-refractivity contribution in [3.63, 3.8) is 0 Å². The van der Waals surface area contributed by atoms with Gasteiger partial charge in [-0.25, -0.2) is 4.98 Å². The van der Waals surface area contributed by atoms with E-state index < -0.39 is 6.10 Å². The molecule has 1 atom stereocenters. The van der Waals surface area contributed by atoms with Crippen LogP contribution in [0.25, 0.3) is 10.9 Å². The molecule has 0 spiro atoms. The number of hydrogen-bond acceptors (Lipinski definition) is 4. The largest absolute Gasteiger partial charge is 0.391 e. The van der Waals surface area contributed by atoms with Gasteiger partial charge in [-0.1, -0.05) is 15.9 Å². The molecule has 0 aliphatic carbocycles. The van der Waals surface area contributed by atoms with Crippen molar-refractivity contribution in [3.8, 4) is 0 Å². The van der Waals surface area contributed by atoms with E-state index in [9.17, 15) is 9.90 Å². The van der Waals surface area contributed by atoms with Gasteiger partial charge in [-0.3, -0.25) is 9.69 Å². The highest BCUT2D eigenvalue weighted by molar-refractivity contribution is 9.10. The van der Waals surface area contributed by atoms with Crippen LogP contribution in [0.3, 0.4) is 0 Å². The number of hydrogen-bond donors (Lipinski definition) is 1. The molecule has 1 fully saturated rings. The molecular formula is C12H9BrClN3O2. The fraction of sp³-hybridized carbons (Fsp3) is 0.250.